The number of rotatable bonds is 2. The van der Waals surface area contributed by atoms with E-state index >= 15 is 0 Å². The summed E-state index contributed by atoms with van der Waals surface area (Å²) in [6, 6.07) is 2.94. The third-order valence-corrected chi connectivity index (χ3v) is 2.75. The number of nitrogens with one attached hydrogen (secondary N) is 1. The molecule has 1 saturated heterocycles. The van der Waals surface area contributed by atoms with Gasteiger partial charge in [0.15, 0.2) is 0 Å². The van der Waals surface area contributed by atoms with Gasteiger partial charge in [0.2, 0.25) is 0 Å². The van der Waals surface area contributed by atoms with E-state index in [4.69, 9.17) is 0 Å². The van der Waals surface area contributed by atoms with E-state index in [1.54, 1.807) is 13.1 Å². The minimum Gasteiger partial charge on any atom is -0.369 e. The Morgan fingerprint density at radius 2 is 2.12 bits per heavy atom. The van der Waals surface area contributed by atoms with Crippen LogP contribution in [0.2, 0.25) is 0 Å². The molecule has 0 aromatic carbocycles. The molecule has 1 aromatic rings. The third kappa shape index (κ3) is 2.11. The highest BCUT2D eigenvalue weighted by Crippen LogP contribution is 2.30. The first-order valence-electron chi connectivity index (χ1n) is 4.95. The smallest absolute Gasteiger partial charge is 0.369 e. The largest absolute Gasteiger partial charge is 0.433 e. The van der Waals surface area contributed by atoms with E-state index in [0.717, 1.165) is 19.2 Å². The van der Waals surface area contributed by atoms with E-state index in [9.17, 15) is 13.2 Å². The topological polar surface area (TPSA) is 28.2 Å². The molecule has 0 unspecified atom stereocenters. The first-order valence-corrected chi connectivity index (χ1v) is 4.95. The van der Waals surface area contributed by atoms with Gasteiger partial charge >= 0.3 is 6.18 Å². The summed E-state index contributed by atoms with van der Waals surface area (Å²) in [6.45, 7) is 1.61. The summed E-state index contributed by atoms with van der Waals surface area (Å²) >= 11 is 0. The fraction of sp³-hybridized carbons (Fsp3) is 0.500. The van der Waals surface area contributed by atoms with Gasteiger partial charge in [-0.1, -0.05) is 0 Å². The van der Waals surface area contributed by atoms with Crippen LogP contribution < -0.4 is 10.2 Å². The van der Waals surface area contributed by atoms with Gasteiger partial charge < -0.3 is 10.2 Å². The second-order valence-corrected chi connectivity index (χ2v) is 3.82. The quantitative estimate of drug-likeness (QED) is 0.836. The van der Waals surface area contributed by atoms with Gasteiger partial charge in [-0.2, -0.15) is 13.2 Å². The molecule has 1 aliphatic heterocycles. The van der Waals surface area contributed by atoms with Crippen LogP contribution in [-0.4, -0.2) is 31.2 Å². The molecule has 16 heavy (non-hydrogen) atoms. The number of alkyl halides is 3. The number of nitrogens with zero attached hydrogens (tertiary/aromatic N) is 2. The number of halogens is 3. The molecule has 1 aromatic heterocycles. The average Bonchev–Trinajstić information content (AvgIpc) is 2.14. The number of likely N-dealkylation sites (N-methyl/N-ethyl adjacent to an activating group) is 1. The van der Waals surface area contributed by atoms with Crippen molar-refractivity contribution in [3.05, 3.63) is 24.0 Å². The van der Waals surface area contributed by atoms with E-state index in [0.29, 0.717) is 5.69 Å². The Bertz CT molecular complexity index is 374. The van der Waals surface area contributed by atoms with Crippen LogP contribution in [0.5, 0.6) is 0 Å². The zero-order chi connectivity index (χ0) is 11.8. The molecule has 2 heterocycles. The van der Waals surface area contributed by atoms with Crippen molar-refractivity contribution in [2.75, 3.05) is 25.0 Å². The van der Waals surface area contributed by atoms with Crippen LogP contribution in [0.3, 0.4) is 0 Å². The van der Waals surface area contributed by atoms with Crippen molar-refractivity contribution in [1.82, 2.24) is 10.3 Å². The van der Waals surface area contributed by atoms with E-state index < -0.39 is 11.9 Å². The predicted octanol–water partition coefficient (Wildman–Crippen LogP) is 1.51. The molecule has 0 radical (unpaired) electrons. The van der Waals surface area contributed by atoms with Gasteiger partial charge in [0, 0.05) is 32.0 Å². The maximum atomic E-state index is 12.4. The maximum Gasteiger partial charge on any atom is 0.433 e. The normalized spacial score (nSPS) is 17.0. The predicted molar refractivity (Wildman–Crippen MR) is 54.3 cm³/mol. The second-order valence-electron chi connectivity index (χ2n) is 3.82. The molecule has 3 nitrogen and oxygen atoms in total. The Balaban J connectivity index is 2.21. The lowest BCUT2D eigenvalue weighted by atomic mass is 10.1. The highest BCUT2D eigenvalue weighted by Gasteiger charge is 2.33. The first-order chi connectivity index (χ1) is 7.48. The minimum absolute atomic E-state index is 0.267. The molecular formula is C10H12F3N3. The highest BCUT2D eigenvalue weighted by atomic mass is 19.4. The molecule has 1 fully saturated rings. The fourth-order valence-corrected chi connectivity index (χ4v) is 1.55. The van der Waals surface area contributed by atoms with Gasteiger partial charge in [0.1, 0.15) is 5.69 Å². The average molecular weight is 231 g/mol. The number of pyridine rings is 1. The Kier molecular flexibility index (Phi) is 2.75. The maximum absolute atomic E-state index is 12.4. The third-order valence-electron chi connectivity index (χ3n) is 2.75. The molecule has 0 saturated carbocycles. The summed E-state index contributed by atoms with van der Waals surface area (Å²) in [5.74, 6) is 0. The van der Waals surface area contributed by atoms with Gasteiger partial charge in [-0.25, -0.2) is 0 Å². The van der Waals surface area contributed by atoms with Crippen LogP contribution in [0.4, 0.5) is 18.9 Å². The van der Waals surface area contributed by atoms with E-state index in [1.165, 1.54) is 6.20 Å². The van der Waals surface area contributed by atoms with Gasteiger partial charge in [-0.3, -0.25) is 4.98 Å². The Labute approximate surface area is 91.3 Å². The Morgan fingerprint density at radius 1 is 1.44 bits per heavy atom. The van der Waals surface area contributed by atoms with E-state index in [2.05, 4.69) is 10.3 Å². The SMILES string of the molecule is CN(c1ccnc(C(F)(F)F)c1)C1CNC1. The van der Waals surface area contributed by atoms with E-state index in [-0.39, 0.29) is 6.04 Å². The van der Waals surface area contributed by atoms with Gasteiger partial charge in [0.25, 0.3) is 0 Å². The van der Waals surface area contributed by atoms with Crippen molar-refractivity contribution >= 4 is 5.69 Å². The number of hydrogen-bond acceptors (Lipinski definition) is 3. The molecule has 1 aliphatic rings. The van der Waals surface area contributed by atoms with Gasteiger partial charge in [-0.05, 0) is 12.1 Å². The first kappa shape index (κ1) is 11.2. The molecule has 0 spiro atoms. The lowest BCUT2D eigenvalue weighted by Gasteiger charge is -2.37. The Morgan fingerprint density at radius 3 is 2.62 bits per heavy atom. The number of anilines is 1. The zero-order valence-electron chi connectivity index (χ0n) is 8.75. The van der Waals surface area contributed by atoms with Gasteiger partial charge in [-0.15, -0.1) is 0 Å². The summed E-state index contributed by atoms with van der Waals surface area (Å²) in [6.07, 6.45) is -3.19. The number of hydrogen-bond donors (Lipinski definition) is 1. The van der Waals surface area contributed by atoms with Crippen LogP contribution in [0.15, 0.2) is 18.3 Å². The Hall–Kier alpha value is -1.30. The van der Waals surface area contributed by atoms with Crippen molar-refractivity contribution in [3.8, 4) is 0 Å². The van der Waals surface area contributed by atoms with E-state index in [1.807, 2.05) is 4.90 Å². The van der Waals surface area contributed by atoms with Crippen molar-refractivity contribution in [2.45, 2.75) is 12.2 Å². The van der Waals surface area contributed by atoms with Crippen molar-refractivity contribution in [3.63, 3.8) is 0 Å². The minimum atomic E-state index is -4.38. The van der Waals surface area contributed by atoms with Gasteiger partial charge in [0.05, 0.1) is 6.04 Å². The zero-order valence-corrected chi connectivity index (χ0v) is 8.75. The lowest BCUT2D eigenvalue weighted by molar-refractivity contribution is -0.141. The summed E-state index contributed by atoms with van der Waals surface area (Å²) in [7, 11) is 1.79. The summed E-state index contributed by atoms with van der Waals surface area (Å²) in [4.78, 5) is 5.17. The number of aromatic nitrogens is 1. The molecule has 6 heteroatoms. The lowest BCUT2D eigenvalue weighted by Crippen LogP contribution is -2.56. The molecule has 0 amide bonds. The van der Waals surface area contributed by atoms with Crippen LogP contribution >= 0.6 is 0 Å². The molecule has 88 valence electrons. The van der Waals surface area contributed by atoms with Crippen LogP contribution in [0.1, 0.15) is 5.69 Å². The molecule has 1 N–H and O–H groups in total. The summed E-state index contributed by atoms with van der Waals surface area (Å²) < 4.78 is 37.3. The monoisotopic (exact) mass is 231 g/mol. The van der Waals surface area contributed by atoms with Crippen molar-refractivity contribution in [1.29, 1.82) is 0 Å². The summed E-state index contributed by atoms with van der Waals surface area (Å²) in [5.41, 5.74) is -0.294. The standard InChI is InChI=1S/C10H12F3N3/c1-16(8-5-14-6-8)7-2-3-15-9(4-7)10(11,12)13/h2-4,8,14H,5-6H2,1H3. The fourth-order valence-electron chi connectivity index (χ4n) is 1.55. The van der Waals surface area contributed by atoms with Crippen LogP contribution in [0.25, 0.3) is 0 Å². The van der Waals surface area contributed by atoms with Crippen molar-refractivity contribution in [2.24, 2.45) is 0 Å². The molecule has 2 rings (SSSR count). The van der Waals surface area contributed by atoms with Crippen LogP contribution in [0, 0.1) is 0 Å². The van der Waals surface area contributed by atoms with Crippen molar-refractivity contribution < 1.29 is 13.2 Å². The highest BCUT2D eigenvalue weighted by molar-refractivity contribution is 5.48. The van der Waals surface area contributed by atoms with Crippen LogP contribution in [-0.2, 0) is 6.18 Å². The molecular weight excluding hydrogens is 219 g/mol. The summed E-state index contributed by atoms with van der Waals surface area (Å²) in [5, 5.41) is 3.08. The molecule has 0 bridgehead atoms. The second kappa shape index (κ2) is 3.93. The molecule has 0 atom stereocenters. The molecule has 0 aliphatic carbocycles.